The van der Waals surface area contributed by atoms with Gasteiger partial charge in [0.1, 0.15) is 5.60 Å². The number of benzene rings is 1. The average Bonchev–Trinajstić information content (AvgIpc) is 2.86. The van der Waals surface area contributed by atoms with Crippen LogP contribution in [0, 0.1) is 0 Å². The average molecular weight is 357 g/mol. The summed E-state index contributed by atoms with van der Waals surface area (Å²) >= 11 is 0. The highest BCUT2D eigenvalue weighted by Crippen LogP contribution is 2.42. The first-order valence-corrected chi connectivity index (χ1v) is 8.63. The van der Waals surface area contributed by atoms with E-state index in [1.54, 1.807) is 52.0 Å². The maximum absolute atomic E-state index is 13.0. The van der Waals surface area contributed by atoms with Gasteiger partial charge in [-0.2, -0.15) is 0 Å². The number of para-hydroxylation sites is 1. The molecular formula is C20H23NO5. The quantitative estimate of drug-likeness (QED) is 0.764. The molecule has 0 radical (unpaired) electrons. The Balaban J connectivity index is 2.33. The van der Waals surface area contributed by atoms with Gasteiger partial charge in [0.15, 0.2) is 5.60 Å². The molecular weight excluding hydrogens is 334 g/mol. The number of carbonyl (C=O) groups excluding carboxylic acids is 3. The molecule has 6 heteroatoms. The lowest BCUT2D eigenvalue weighted by Crippen LogP contribution is -2.39. The fraction of sp³-hybridized carbons (Fsp3) is 0.450. The zero-order chi connectivity index (χ0) is 19.3. The topological polar surface area (TPSA) is 74.6 Å². The maximum Gasteiger partial charge on any atom is 0.341 e. The Labute approximate surface area is 152 Å². The Bertz CT molecular complexity index is 918. The minimum atomic E-state index is -1.08. The fourth-order valence-corrected chi connectivity index (χ4v) is 3.53. The first-order chi connectivity index (χ1) is 12.0. The van der Waals surface area contributed by atoms with Gasteiger partial charge in [-0.05, 0) is 33.8 Å². The maximum atomic E-state index is 13.0. The van der Waals surface area contributed by atoms with Gasteiger partial charge >= 0.3 is 11.9 Å². The number of fused-ring (bicyclic) bond motifs is 3. The van der Waals surface area contributed by atoms with E-state index in [9.17, 15) is 14.4 Å². The molecule has 1 aromatic heterocycles. The van der Waals surface area contributed by atoms with E-state index in [4.69, 9.17) is 9.47 Å². The molecule has 0 N–H and O–H groups in total. The molecule has 6 nitrogen and oxygen atoms in total. The van der Waals surface area contributed by atoms with Crippen molar-refractivity contribution in [1.82, 2.24) is 4.57 Å². The number of nitrogens with zero attached hydrogens (tertiary/aromatic N) is 1. The van der Waals surface area contributed by atoms with Crippen LogP contribution in [0.25, 0.3) is 10.9 Å². The van der Waals surface area contributed by atoms with Crippen molar-refractivity contribution in [3.8, 4) is 0 Å². The molecule has 138 valence electrons. The zero-order valence-corrected chi connectivity index (χ0v) is 15.7. The summed E-state index contributed by atoms with van der Waals surface area (Å²) < 4.78 is 12.7. The van der Waals surface area contributed by atoms with Crippen molar-refractivity contribution in [1.29, 1.82) is 0 Å². The molecule has 1 unspecified atom stereocenters. The zero-order valence-electron chi connectivity index (χ0n) is 15.7. The molecule has 1 aromatic carbocycles. The second-order valence-corrected chi connectivity index (χ2v) is 7.80. The van der Waals surface area contributed by atoms with E-state index >= 15 is 0 Å². The van der Waals surface area contributed by atoms with E-state index in [0.717, 1.165) is 0 Å². The molecule has 2 aromatic rings. The third-order valence-electron chi connectivity index (χ3n) is 4.41. The standard InChI is InChI=1S/C20H23NO5/c1-12(22)25-20(5)11-10-15(23)21-14-9-7-6-8-13(14)16(17(20)21)18(24)26-19(2,3)4/h6-9H,10-11H2,1-5H3. The van der Waals surface area contributed by atoms with Crippen LogP contribution in [-0.2, 0) is 19.9 Å². The summed E-state index contributed by atoms with van der Waals surface area (Å²) in [5.41, 5.74) is -0.479. The molecule has 26 heavy (non-hydrogen) atoms. The van der Waals surface area contributed by atoms with Gasteiger partial charge < -0.3 is 9.47 Å². The van der Waals surface area contributed by atoms with Crippen LogP contribution in [0.1, 0.15) is 68.3 Å². The number of carbonyl (C=O) groups is 3. The summed E-state index contributed by atoms with van der Waals surface area (Å²) in [5.74, 6) is -1.13. The lowest BCUT2D eigenvalue weighted by Gasteiger charge is -2.34. The van der Waals surface area contributed by atoms with Crippen molar-refractivity contribution >= 4 is 28.7 Å². The minimum Gasteiger partial charge on any atom is -0.456 e. The highest BCUT2D eigenvalue weighted by Gasteiger charge is 2.44. The number of ether oxygens (including phenoxy) is 2. The van der Waals surface area contributed by atoms with Gasteiger partial charge in [-0.3, -0.25) is 14.2 Å². The van der Waals surface area contributed by atoms with Crippen LogP contribution < -0.4 is 0 Å². The van der Waals surface area contributed by atoms with E-state index in [2.05, 4.69) is 0 Å². The number of esters is 2. The Kier molecular flexibility index (Phi) is 4.17. The first-order valence-electron chi connectivity index (χ1n) is 8.63. The van der Waals surface area contributed by atoms with Crippen LogP contribution in [0.4, 0.5) is 0 Å². The molecule has 0 aliphatic carbocycles. The van der Waals surface area contributed by atoms with Crippen molar-refractivity contribution in [3.63, 3.8) is 0 Å². The van der Waals surface area contributed by atoms with E-state index in [1.807, 2.05) is 0 Å². The predicted octanol–water partition coefficient (Wildman–Crippen LogP) is 3.81. The molecule has 0 spiro atoms. The lowest BCUT2D eigenvalue weighted by molar-refractivity contribution is -0.158. The van der Waals surface area contributed by atoms with Crippen molar-refractivity contribution < 1.29 is 23.9 Å². The summed E-state index contributed by atoms with van der Waals surface area (Å²) in [6.07, 6.45) is 0.542. The molecule has 3 rings (SSSR count). The van der Waals surface area contributed by atoms with Crippen LogP contribution in [0.2, 0.25) is 0 Å². The smallest absolute Gasteiger partial charge is 0.341 e. The van der Waals surface area contributed by atoms with Gasteiger partial charge in [0.25, 0.3) is 0 Å². The molecule has 1 atom stereocenters. The summed E-state index contributed by atoms with van der Waals surface area (Å²) in [7, 11) is 0. The Hall–Kier alpha value is -2.63. The largest absolute Gasteiger partial charge is 0.456 e. The van der Waals surface area contributed by atoms with Crippen LogP contribution in [-0.4, -0.2) is 28.0 Å². The van der Waals surface area contributed by atoms with Crippen LogP contribution >= 0.6 is 0 Å². The van der Waals surface area contributed by atoms with Crippen molar-refractivity contribution in [2.75, 3.05) is 0 Å². The highest BCUT2D eigenvalue weighted by atomic mass is 16.6. The fourth-order valence-electron chi connectivity index (χ4n) is 3.53. The summed E-state index contributed by atoms with van der Waals surface area (Å²) in [4.78, 5) is 37.4. The Morgan fingerprint density at radius 2 is 1.85 bits per heavy atom. The van der Waals surface area contributed by atoms with E-state index in [0.29, 0.717) is 23.0 Å². The molecule has 0 saturated heterocycles. The Morgan fingerprint density at radius 1 is 1.19 bits per heavy atom. The summed E-state index contributed by atoms with van der Waals surface area (Å²) in [5, 5.41) is 0.616. The van der Waals surface area contributed by atoms with Crippen molar-refractivity contribution in [2.24, 2.45) is 0 Å². The second-order valence-electron chi connectivity index (χ2n) is 7.80. The number of hydrogen-bond acceptors (Lipinski definition) is 5. The van der Waals surface area contributed by atoms with E-state index in [-0.39, 0.29) is 17.9 Å². The molecule has 0 bridgehead atoms. The van der Waals surface area contributed by atoms with Gasteiger partial charge in [0, 0.05) is 25.2 Å². The SMILES string of the molecule is CC(=O)OC1(C)CCC(=O)n2c1c(C(=O)OC(C)(C)C)c1ccccc12. The normalized spacial score (nSPS) is 20.0. The number of aromatic nitrogens is 1. The van der Waals surface area contributed by atoms with Crippen LogP contribution in [0.5, 0.6) is 0 Å². The van der Waals surface area contributed by atoms with Gasteiger partial charge in [-0.15, -0.1) is 0 Å². The van der Waals surface area contributed by atoms with Crippen LogP contribution in [0.15, 0.2) is 24.3 Å². The third kappa shape index (κ3) is 3.00. The molecule has 0 saturated carbocycles. The number of hydrogen-bond donors (Lipinski definition) is 0. The minimum absolute atomic E-state index is 0.129. The molecule has 0 amide bonds. The third-order valence-corrected chi connectivity index (χ3v) is 4.41. The first kappa shape index (κ1) is 18.2. The lowest BCUT2D eigenvalue weighted by atomic mass is 9.89. The van der Waals surface area contributed by atoms with Gasteiger partial charge in [-0.25, -0.2) is 4.79 Å². The van der Waals surface area contributed by atoms with Crippen molar-refractivity contribution in [3.05, 3.63) is 35.5 Å². The van der Waals surface area contributed by atoms with Gasteiger partial charge in [0.05, 0.1) is 16.8 Å². The van der Waals surface area contributed by atoms with E-state index < -0.39 is 23.1 Å². The van der Waals surface area contributed by atoms with Gasteiger partial charge in [-0.1, -0.05) is 18.2 Å². The molecule has 0 fully saturated rings. The van der Waals surface area contributed by atoms with Gasteiger partial charge in [0.2, 0.25) is 5.91 Å². The van der Waals surface area contributed by atoms with Crippen molar-refractivity contribution in [2.45, 2.75) is 58.7 Å². The van der Waals surface area contributed by atoms with E-state index in [1.165, 1.54) is 11.5 Å². The highest BCUT2D eigenvalue weighted by molar-refractivity contribution is 6.10. The molecule has 2 heterocycles. The molecule has 1 aliphatic heterocycles. The molecule has 1 aliphatic rings. The summed E-state index contributed by atoms with van der Waals surface area (Å²) in [6, 6.07) is 7.17. The monoisotopic (exact) mass is 357 g/mol. The van der Waals surface area contributed by atoms with Crippen LogP contribution in [0.3, 0.4) is 0 Å². The Morgan fingerprint density at radius 3 is 2.46 bits per heavy atom. The predicted molar refractivity (Wildman–Crippen MR) is 96.1 cm³/mol. The number of rotatable bonds is 2. The second kappa shape index (κ2) is 5.97. The summed E-state index contributed by atoms with van der Waals surface area (Å²) in [6.45, 7) is 8.41.